The smallest absolute Gasteiger partial charge is 0.293 e. The molecule has 2 aromatic rings. The fourth-order valence-electron chi connectivity index (χ4n) is 2.21. The van der Waals surface area contributed by atoms with Gasteiger partial charge in [0.15, 0.2) is 13.1 Å². The number of nitrogens with one attached hydrogen (secondary N) is 4. The number of hydrazine groups is 1. The van der Waals surface area contributed by atoms with Crippen molar-refractivity contribution in [2.45, 2.75) is 0 Å². The van der Waals surface area contributed by atoms with Crippen LogP contribution in [0, 0.1) is 5.82 Å². The highest BCUT2D eigenvalue weighted by molar-refractivity contribution is 5.95. The van der Waals surface area contributed by atoms with Crippen LogP contribution in [0.25, 0.3) is 0 Å². The number of quaternary nitrogens is 1. The van der Waals surface area contributed by atoms with E-state index in [9.17, 15) is 18.8 Å². The third kappa shape index (κ3) is 6.33. The van der Waals surface area contributed by atoms with Gasteiger partial charge in [-0.1, -0.05) is 24.3 Å². The zero-order chi connectivity index (χ0) is 18.9. The molecular weight excluding hydrogens is 339 g/mol. The predicted octanol–water partition coefficient (Wildman–Crippen LogP) is -0.260. The highest BCUT2D eigenvalue weighted by atomic mass is 19.1. The topological polar surface area (TPSA) is 91.7 Å². The van der Waals surface area contributed by atoms with E-state index in [1.165, 1.54) is 18.2 Å². The first-order valence-corrected chi connectivity index (χ1v) is 7.95. The number of halogens is 1. The summed E-state index contributed by atoms with van der Waals surface area (Å²) in [7, 11) is 1.66. The van der Waals surface area contributed by atoms with Gasteiger partial charge in [0.1, 0.15) is 5.82 Å². The zero-order valence-corrected chi connectivity index (χ0v) is 14.2. The van der Waals surface area contributed by atoms with Crippen molar-refractivity contribution in [2.75, 3.05) is 25.5 Å². The molecule has 1 atom stereocenters. The van der Waals surface area contributed by atoms with Crippen molar-refractivity contribution >= 4 is 23.4 Å². The minimum absolute atomic E-state index is 0.0105. The molecule has 4 N–H and O–H groups in total. The normalized spacial score (nSPS) is 11.3. The number of hydrogen-bond donors (Lipinski definition) is 4. The second-order valence-corrected chi connectivity index (χ2v) is 5.74. The monoisotopic (exact) mass is 359 g/mol. The molecule has 0 saturated heterocycles. The molecule has 0 aliphatic heterocycles. The molecule has 0 radical (unpaired) electrons. The molecule has 0 heterocycles. The summed E-state index contributed by atoms with van der Waals surface area (Å²) in [5.74, 6) is -1.67. The first-order valence-electron chi connectivity index (χ1n) is 7.95. The van der Waals surface area contributed by atoms with Crippen LogP contribution < -0.4 is 21.1 Å². The number of carbonyl (C=O) groups excluding carboxylic acids is 3. The first-order chi connectivity index (χ1) is 12.4. The summed E-state index contributed by atoms with van der Waals surface area (Å²) >= 11 is 0. The molecule has 0 fully saturated rings. The number of rotatable bonds is 6. The van der Waals surface area contributed by atoms with Gasteiger partial charge in [0.05, 0.1) is 7.05 Å². The summed E-state index contributed by atoms with van der Waals surface area (Å²) in [6, 6.07) is 14.0. The van der Waals surface area contributed by atoms with Crippen LogP contribution >= 0.6 is 0 Å². The lowest BCUT2D eigenvalue weighted by Crippen LogP contribution is -3.11. The van der Waals surface area contributed by atoms with Gasteiger partial charge in [-0.05, 0) is 30.3 Å². The van der Waals surface area contributed by atoms with Gasteiger partial charge >= 0.3 is 0 Å². The Bertz CT molecular complexity index is 783. The molecule has 3 amide bonds. The van der Waals surface area contributed by atoms with Crippen LogP contribution in [0.15, 0.2) is 54.6 Å². The molecule has 136 valence electrons. The average molecular weight is 359 g/mol. The molecule has 2 aromatic carbocycles. The number of carbonyl (C=O) groups is 3. The molecular formula is C18H20FN4O3+. The first kappa shape index (κ1) is 19.1. The summed E-state index contributed by atoms with van der Waals surface area (Å²) in [4.78, 5) is 36.2. The van der Waals surface area contributed by atoms with E-state index in [1.54, 1.807) is 43.4 Å². The van der Waals surface area contributed by atoms with Crippen LogP contribution in [-0.2, 0) is 9.59 Å². The Morgan fingerprint density at radius 3 is 2.31 bits per heavy atom. The van der Waals surface area contributed by atoms with Gasteiger partial charge < -0.3 is 10.2 Å². The SMILES string of the molecule is C[NH+](CC(=O)NNC(=O)c1ccccc1)CC(=O)Nc1cccc(F)c1. The van der Waals surface area contributed by atoms with Gasteiger partial charge in [0.25, 0.3) is 17.7 Å². The molecule has 2 rings (SSSR count). The Labute approximate surface area is 150 Å². The number of likely N-dealkylation sites (N-methyl/N-ethyl adjacent to an activating group) is 1. The molecule has 0 aliphatic carbocycles. The number of anilines is 1. The average Bonchev–Trinajstić information content (AvgIpc) is 2.60. The molecule has 0 spiro atoms. The lowest BCUT2D eigenvalue weighted by Gasteiger charge is -2.14. The second-order valence-electron chi connectivity index (χ2n) is 5.74. The Balaban J connectivity index is 1.72. The third-order valence-corrected chi connectivity index (χ3v) is 3.38. The van der Waals surface area contributed by atoms with E-state index < -0.39 is 17.6 Å². The van der Waals surface area contributed by atoms with E-state index in [4.69, 9.17) is 0 Å². The fraction of sp³-hybridized carbons (Fsp3) is 0.167. The lowest BCUT2D eigenvalue weighted by molar-refractivity contribution is -0.862. The van der Waals surface area contributed by atoms with Gasteiger partial charge in [-0.15, -0.1) is 0 Å². The van der Waals surface area contributed by atoms with Crippen molar-refractivity contribution in [1.29, 1.82) is 0 Å². The van der Waals surface area contributed by atoms with Crippen LogP contribution in [-0.4, -0.2) is 37.9 Å². The van der Waals surface area contributed by atoms with E-state index in [2.05, 4.69) is 16.2 Å². The largest absolute Gasteiger partial charge is 0.322 e. The summed E-state index contributed by atoms with van der Waals surface area (Å²) in [6.45, 7) is -0.0117. The van der Waals surface area contributed by atoms with E-state index in [0.717, 1.165) is 0 Å². The zero-order valence-electron chi connectivity index (χ0n) is 14.2. The maximum atomic E-state index is 13.1. The van der Waals surface area contributed by atoms with Gasteiger partial charge in [0, 0.05) is 11.3 Å². The third-order valence-electron chi connectivity index (χ3n) is 3.38. The van der Waals surface area contributed by atoms with Crippen molar-refractivity contribution in [3.63, 3.8) is 0 Å². The summed E-state index contributed by atoms with van der Waals surface area (Å²) in [6.07, 6.45) is 0. The molecule has 7 nitrogen and oxygen atoms in total. The minimum Gasteiger partial charge on any atom is -0.322 e. The Morgan fingerprint density at radius 1 is 0.923 bits per heavy atom. The van der Waals surface area contributed by atoms with Crippen LogP contribution in [0.4, 0.5) is 10.1 Å². The van der Waals surface area contributed by atoms with Crippen molar-refractivity contribution in [3.05, 3.63) is 66.0 Å². The van der Waals surface area contributed by atoms with Crippen LogP contribution in [0.1, 0.15) is 10.4 Å². The number of hydrogen-bond acceptors (Lipinski definition) is 3. The lowest BCUT2D eigenvalue weighted by atomic mass is 10.2. The van der Waals surface area contributed by atoms with E-state index >= 15 is 0 Å². The summed E-state index contributed by atoms with van der Waals surface area (Å²) < 4.78 is 13.1. The molecule has 0 bridgehead atoms. The maximum Gasteiger partial charge on any atom is 0.293 e. The highest BCUT2D eigenvalue weighted by Gasteiger charge is 2.15. The molecule has 26 heavy (non-hydrogen) atoms. The molecule has 8 heteroatoms. The van der Waals surface area contributed by atoms with E-state index in [0.29, 0.717) is 16.2 Å². The standard InChI is InChI=1S/C18H19FN4O3/c1-23(11-16(24)20-15-9-5-8-14(19)10-15)12-17(25)21-22-18(26)13-6-3-2-4-7-13/h2-10H,11-12H2,1H3,(H,20,24)(H,21,25)(H,22,26)/p+1. The maximum absolute atomic E-state index is 13.1. The van der Waals surface area contributed by atoms with Crippen molar-refractivity contribution in [3.8, 4) is 0 Å². The molecule has 0 aliphatic rings. The van der Waals surface area contributed by atoms with Crippen molar-refractivity contribution in [2.24, 2.45) is 0 Å². The van der Waals surface area contributed by atoms with E-state index in [-0.39, 0.29) is 19.0 Å². The number of amides is 3. The Kier molecular flexibility index (Phi) is 6.81. The predicted molar refractivity (Wildman–Crippen MR) is 93.7 cm³/mol. The van der Waals surface area contributed by atoms with Crippen molar-refractivity contribution in [1.82, 2.24) is 10.9 Å². The van der Waals surface area contributed by atoms with Crippen molar-refractivity contribution < 1.29 is 23.7 Å². The van der Waals surface area contributed by atoms with Crippen LogP contribution in [0.5, 0.6) is 0 Å². The molecule has 0 aromatic heterocycles. The molecule has 0 saturated carbocycles. The van der Waals surface area contributed by atoms with Crippen LogP contribution in [0.3, 0.4) is 0 Å². The van der Waals surface area contributed by atoms with Gasteiger partial charge in [-0.2, -0.15) is 0 Å². The molecule has 1 unspecified atom stereocenters. The Morgan fingerprint density at radius 2 is 1.62 bits per heavy atom. The summed E-state index contributed by atoms with van der Waals surface area (Å²) in [5.41, 5.74) is 5.38. The van der Waals surface area contributed by atoms with Crippen LogP contribution in [0.2, 0.25) is 0 Å². The van der Waals surface area contributed by atoms with Gasteiger partial charge in [0.2, 0.25) is 0 Å². The van der Waals surface area contributed by atoms with E-state index in [1.807, 2.05) is 0 Å². The quantitative estimate of drug-likeness (QED) is 0.536. The van der Waals surface area contributed by atoms with Gasteiger partial charge in [-0.3, -0.25) is 25.2 Å². The van der Waals surface area contributed by atoms with Gasteiger partial charge in [-0.25, -0.2) is 4.39 Å². The number of benzene rings is 2. The fourth-order valence-corrected chi connectivity index (χ4v) is 2.21. The second kappa shape index (κ2) is 9.28. The summed E-state index contributed by atoms with van der Waals surface area (Å²) in [5, 5.41) is 2.56. The minimum atomic E-state index is -0.447. The highest BCUT2D eigenvalue weighted by Crippen LogP contribution is 2.08. The Hall–Kier alpha value is -3.26.